The van der Waals surface area contributed by atoms with Gasteiger partial charge in [0.25, 0.3) is 0 Å². The summed E-state index contributed by atoms with van der Waals surface area (Å²) in [4.78, 5) is 0. The first-order valence-electron chi connectivity index (χ1n) is 2.88. The topological polar surface area (TPSA) is 17.8 Å². The summed E-state index contributed by atoms with van der Waals surface area (Å²) in [5, 5.41) is 4.12. The van der Waals surface area contributed by atoms with Crippen molar-refractivity contribution in [2.75, 3.05) is 0 Å². The fraction of sp³-hybridized carbons (Fsp3) is 0.167. The van der Waals surface area contributed by atoms with Crippen LogP contribution in [0.2, 0.25) is 0 Å². The highest BCUT2D eigenvalue weighted by molar-refractivity contribution is 9.11. The highest BCUT2D eigenvalue weighted by Crippen LogP contribution is 2.15. The molecule has 0 saturated carbocycles. The Morgan fingerprint density at radius 2 is 2.36 bits per heavy atom. The number of hydrogen-bond donors (Lipinski definition) is 0. The summed E-state index contributed by atoms with van der Waals surface area (Å²) in [5.74, 6) is 0. The van der Waals surface area contributed by atoms with E-state index >= 15 is 0 Å². The molecule has 1 heterocycles. The molecule has 1 aromatic rings. The molecule has 0 saturated heterocycles. The molecule has 11 heavy (non-hydrogen) atoms. The van der Waals surface area contributed by atoms with Crippen molar-refractivity contribution < 1.29 is 0 Å². The van der Waals surface area contributed by atoms with Gasteiger partial charge in [0.1, 0.15) is 9.21 Å². The number of rotatable bonds is 2. The third-order valence-electron chi connectivity index (χ3n) is 1.07. The molecular formula is C6H5Br2ClN2. The van der Waals surface area contributed by atoms with Crippen molar-refractivity contribution in [3.63, 3.8) is 0 Å². The molecule has 2 nitrogen and oxygen atoms in total. The zero-order valence-electron chi connectivity index (χ0n) is 5.47. The van der Waals surface area contributed by atoms with Gasteiger partial charge in [-0.3, -0.25) is 4.68 Å². The Bertz CT molecular complexity index is 270. The summed E-state index contributed by atoms with van der Waals surface area (Å²) in [7, 11) is 0. The van der Waals surface area contributed by atoms with Gasteiger partial charge >= 0.3 is 0 Å². The Kier molecular flexibility index (Phi) is 3.62. The second-order valence-electron chi connectivity index (χ2n) is 1.83. The van der Waals surface area contributed by atoms with Gasteiger partial charge in [-0.05, 0) is 31.9 Å². The molecule has 0 N–H and O–H groups in total. The van der Waals surface area contributed by atoms with Crippen LogP contribution < -0.4 is 0 Å². The lowest BCUT2D eigenvalue weighted by Crippen LogP contribution is -1.96. The Morgan fingerprint density at radius 1 is 1.64 bits per heavy atom. The summed E-state index contributed by atoms with van der Waals surface area (Å²) in [5.41, 5.74) is 1.47. The number of nitrogens with zero attached hydrogens (tertiary/aromatic N) is 2. The molecule has 0 aliphatic carbocycles. The van der Waals surface area contributed by atoms with E-state index in [0.717, 1.165) is 9.21 Å². The highest BCUT2D eigenvalue weighted by Gasteiger charge is 1.99. The van der Waals surface area contributed by atoms with E-state index in [1.54, 1.807) is 4.68 Å². The standard InChI is InChI=1S/C6H5Br2ClN2/c7-5-4-6(8)11(10-5)3-1-2-9/h1-2,4H,3H2/b2-1+. The van der Waals surface area contributed by atoms with Crippen LogP contribution in [0, 0.1) is 0 Å². The van der Waals surface area contributed by atoms with E-state index in [0.29, 0.717) is 6.54 Å². The monoisotopic (exact) mass is 298 g/mol. The van der Waals surface area contributed by atoms with Crippen molar-refractivity contribution in [3.05, 3.63) is 26.9 Å². The largest absolute Gasteiger partial charge is 0.253 e. The van der Waals surface area contributed by atoms with Gasteiger partial charge in [-0.25, -0.2) is 0 Å². The lowest BCUT2D eigenvalue weighted by molar-refractivity contribution is 0.681. The van der Waals surface area contributed by atoms with Gasteiger partial charge in [0, 0.05) is 11.6 Å². The SMILES string of the molecule is Cl/C=C/Cn1nc(Br)cc1Br. The van der Waals surface area contributed by atoms with Crippen molar-refractivity contribution in [2.24, 2.45) is 0 Å². The molecule has 0 atom stereocenters. The predicted octanol–water partition coefficient (Wildman–Crippen LogP) is 3.16. The van der Waals surface area contributed by atoms with E-state index in [1.807, 2.05) is 12.1 Å². The summed E-state index contributed by atoms with van der Waals surface area (Å²) in [6, 6.07) is 1.88. The van der Waals surface area contributed by atoms with E-state index in [9.17, 15) is 0 Å². The van der Waals surface area contributed by atoms with Gasteiger partial charge < -0.3 is 0 Å². The van der Waals surface area contributed by atoms with Crippen LogP contribution >= 0.6 is 43.5 Å². The maximum atomic E-state index is 5.36. The first-order valence-corrected chi connectivity index (χ1v) is 4.90. The molecule has 0 unspecified atom stereocenters. The predicted molar refractivity (Wildman–Crippen MR) is 52.6 cm³/mol. The Morgan fingerprint density at radius 3 is 2.82 bits per heavy atom. The molecule has 0 amide bonds. The zero-order chi connectivity index (χ0) is 8.27. The highest BCUT2D eigenvalue weighted by atomic mass is 79.9. The minimum atomic E-state index is 0.676. The van der Waals surface area contributed by atoms with Gasteiger partial charge in [0.05, 0.1) is 6.54 Å². The Balaban J connectivity index is 2.77. The van der Waals surface area contributed by atoms with E-state index in [-0.39, 0.29) is 0 Å². The first kappa shape index (κ1) is 9.29. The van der Waals surface area contributed by atoms with Gasteiger partial charge in [-0.1, -0.05) is 17.7 Å². The minimum absolute atomic E-state index is 0.676. The zero-order valence-corrected chi connectivity index (χ0v) is 9.40. The van der Waals surface area contributed by atoms with Crippen molar-refractivity contribution in [1.82, 2.24) is 9.78 Å². The number of aromatic nitrogens is 2. The van der Waals surface area contributed by atoms with E-state index in [1.165, 1.54) is 5.54 Å². The third-order valence-corrected chi connectivity index (χ3v) is 2.27. The summed E-state index contributed by atoms with van der Waals surface area (Å²) < 4.78 is 3.52. The van der Waals surface area contributed by atoms with Crippen LogP contribution in [0.5, 0.6) is 0 Å². The van der Waals surface area contributed by atoms with E-state index < -0.39 is 0 Å². The average Bonchev–Trinajstić information content (AvgIpc) is 2.26. The molecule has 0 bridgehead atoms. The molecule has 0 aliphatic heterocycles. The Hall–Kier alpha value is 0.200. The number of halogens is 3. The van der Waals surface area contributed by atoms with Crippen LogP contribution in [-0.4, -0.2) is 9.78 Å². The molecule has 60 valence electrons. The third kappa shape index (κ3) is 2.61. The molecule has 0 radical (unpaired) electrons. The molecular weight excluding hydrogens is 295 g/mol. The van der Waals surface area contributed by atoms with Crippen molar-refractivity contribution in [3.8, 4) is 0 Å². The summed E-state index contributed by atoms with van der Waals surface area (Å²) in [6.45, 7) is 0.676. The van der Waals surface area contributed by atoms with Gasteiger partial charge in [0.15, 0.2) is 0 Å². The average molecular weight is 300 g/mol. The van der Waals surface area contributed by atoms with Crippen LogP contribution in [0.1, 0.15) is 0 Å². The van der Waals surface area contributed by atoms with Crippen LogP contribution in [0.3, 0.4) is 0 Å². The minimum Gasteiger partial charge on any atom is -0.253 e. The van der Waals surface area contributed by atoms with E-state index in [2.05, 4.69) is 37.0 Å². The fourth-order valence-corrected chi connectivity index (χ4v) is 1.87. The van der Waals surface area contributed by atoms with Crippen molar-refractivity contribution in [2.45, 2.75) is 6.54 Å². The molecule has 0 aliphatic rings. The van der Waals surface area contributed by atoms with Crippen LogP contribution in [0.4, 0.5) is 0 Å². The first-order chi connectivity index (χ1) is 5.24. The summed E-state index contributed by atoms with van der Waals surface area (Å²) >= 11 is 12.0. The summed E-state index contributed by atoms with van der Waals surface area (Å²) in [6.07, 6.45) is 1.81. The molecule has 1 rings (SSSR count). The van der Waals surface area contributed by atoms with Crippen molar-refractivity contribution in [1.29, 1.82) is 0 Å². The lowest BCUT2D eigenvalue weighted by Gasteiger charge is -1.95. The maximum absolute atomic E-state index is 5.36. The lowest BCUT2D eigenvalue weighted by atomic mass is 10.6. The molecule has 5 heteroatoms. The number of allylic oxidation sites excluding steroid dienone is 1. The molecule has 1 aromatic heterocycles. The Labute approximate surface area is 86.5 Å². The molecule has 0 aromatic carbocycles. The van der Waals surface area contributed by atoms with Crippen LogP contribution in [0.25, 0.3) is 0 Å². The fourth-order valence-electron chi connectivity index (χ4n) is 0.632. The normalized spacial score (nSPS) is 11.2. The maximum Gasteiger partial charge on any atom is 0.129 e. The second-order valence-corrected chi connectivity index (χ2v) is 3.71. The van der Waals surface area contributed by atoms with Gasteiger partial charge in [-0.2, -0.15) is 5.10 Å². The smallest absolute Gasteiger partial charge is 0.129 e. The number of hydrogen-bond acceptors (Lipinski definition) is 1. The van der Waals surface area contributed by atoms with Crippen LogP contribution in [-0.2, 0) is 6.54 Å². The van der Waals surface area contributed by atoms with Gasteiger partial charge in [0.2, 0.25) is 0 Å². The van der Waals surface area contributed by atoms with E-state index in [4.69, 9.17) is 11.6 Å². The van der Waals surface area contributed by atoms with Crippen molar-refractivity contribution >= 4 is 43.5 Å². The molecule has 0 spiro atoms. The second kappa shape index (κ2) is 4.28. The van der Waals surface area contributed by atoms with Crippen LogP contribution in [0.15, 0.2) is 26.9 Å². The quantitative estimate of drug-likeness (QED) is 0.820. The molecule has 0 fully saturated rings. The van der Waals surface area contributed by atoms with Gasteiger partial charge in [-0.15, -0.1) is 0 Å².